The van der Waals surface area contributed by atoms with Crippen LogP contribution in [-0.4, -0.2) is 5.91 Å². The second-order valence-corrected chi connectivity index (χ2v) is 4.30. The molecule has 0 radical (unpaired) electrons. The Kier molecular flexibility index (Phi) is 2.33. The van der Waals surface area contributed by atoms with Crippen molar-refractivity contribution in [2.24, 2.45) is 11.5 Å². The third-order valence-electron chi connectivity index (χ3n) is 2.65. The number of fused-ring (bicyclic) bond motifs is 1. The molecule has 14 heavy (non-hydrogen) atoms. The zero-order valence-electron chi connectivity index (χ0n) is 7.59. The van der Waals surface area contributed by atoms with Crippen molar-refractivity contribution in [2.75, 3.05) is 0 Å². The summed E-state index contributed by atoms with van der Waals surface area (Å²) in [5.74, 6) is -0.403. The second kappa shape index (κ2) is 3.37. The van der Waals surface area contributed by atoms with Crippen molar-refractivity contribution in [1.82, 2.24) is 0 Å². The van der Waals surface area contributed by atoms with E-state index in [0.717, 1.165) is 28.4 Å². The van der Waals surface area contributed by atoms with E-state index < -0.39 is 5.91 Å². The van der Waals surface area contributed by atoms with E-state index in [9.17, 15) is 4.79 Å². The molecule has 0 bridgehead atoms. The van der Waals surface area contributed by atoms with Crippen LogP contribution in [-0.2, 0) is 6.42 Å². The summed E-state index contributed by atoms with van der Waals surface area (Å²) in [5.41, 5.74) is 13.9. The zero-order chi connectivity index (χ0) is 10.3. The topological polar surface area (TPSA) is 69.1 Å². The van der Waals surface area contributed by atoms with Gasteiger partial charge in [-0.2, -0.15) is 0 Å². The molecule has 1 aliphatic carbocycles. The Morgan fingerprint density at radius 3 is 2.86 bits per heavy atom. The lowest BCUT2D eigenvalue weighted by molar-refractivity contribution is 0.0999. The number of benzene rings is 1. The van der Waals surface area contributed by atoms with Crippen LogP contribution in [0.5, 0.6) is 0 Å². The number of nitrogens with two attached hydrogens (primary N) is 2. The van der Waals surface area contributed by atoms with Gasteiger partial charge in [0.1, 0.15) is 0 Å². The zero-order valence-corrected chi connectivity index (χ0v) is 9.17. The fraction of sp³-hybridized carbons (Fsp3) is 0.300. The predicted molar refractivity (Wildman–Crippen MR) is 57.9 cm³/mol. The van der Waals surface area contributed by atoms with Crippen LogP contribution in [0.3, 0.4) is 0 Å². The number of hydrogen-bond acceptors (Lipinski definition) is 2. The molecule has 1 amide bonds. The summed E-state index contributed by atoms with van der Waals surface area (Å²) in [7, 11) is 0. The molecule has 1 atom stereocenters. The van der Waals surface area contributed by atoms with Crippen molar-refractivity contribution in [3.8, 4) is 0 Å². The molecule has 2 rings (SSSR count). The molecule has 4 N–H and O–H groups in total. The average Bonchev–Trinajstić information content (AvgIpc) is 2.49. The molecule has 4 heteroatoms. The van der Waals surface area contributed by atoms with E-state index >= 15 is 0 Å². The van der Waals surface area contributed by atoms with Gasteiger partial charge in [0.15, 0.2) is 0 Å². The molecule has 0 aromatic heterocycles. The fourth-order valence-corrected chi connectivity index (χ4v) is 2.64. The van der Waals surface area contributed by atoms with Crippen molar-refractivity contribution in [3.05, 3.63) is 33.3 Å². The van der Waals surface area contributed by atoms with Crippen LogP contribution < -0.4 is 11.5 Å². The maximum Gasteiger partial charge on any atom is 0.249 e. The highest BCUT2D eigenvalue weighted by atomic mass is 79.9. The summed E-state index contributed by atoms with van der Waals surface area (Å²) in [4.78, 5) is 11.1. The molecule has 0 saturated carbocycles. The van der Waals surface area contributed by atoms with Gasteiger partial charge in [-0.3, -0.25) is 4.79 Å². The lowest BCUT2D eigenvalue weighted by Crippen LogP contribution is -2.13. The number of hydrogen-bond donors (Lipinski definition) is 2. The lowest BCUT2D eigenvalue weighted by Gasteiger charge is -2.08. The number of rotatable bonds is 1. The van der Waals surface area contributed by atoms with Gasteiger partial charge in [0.05, 0.1) is 5.56 Å². The molecule has 1 aromatic rings. The van der Waals surface area contributed by atoms with Crippen LogP contribution >= 0.6 is 15.9 Å². The molecular formula is C10H11BrN2O. The van der Waals surface area contributed by atoms with Crippen LogP contribution in [0.1, 0.15) is 33.9 Å². The van der Waals surface area contributed by atoms with E-state index in [2.05, 4.69) is 15.9 Å². The van der Waals surface area contributed by atoms with E-state index in [1.54, 1.807) is 6.07 Å². The monoisotopic (exact) mass is 254 g/mol. The highest BCUT2D eigenvalue weighted by molar-refractivity contribution is 9.10. The number of carbonyl (C=O) groups excluding carboxylic acids is 1. The maximum atomic E-state index is 11.1. The average molecular weight is 255 g/mol. The summed E-state index contributed by atoms with van der Waals surface area (Å²) >= 11 is 3.40. The molecule has 0 aliphatic heterocycles. The van der Waals surface area contributed by atoms with E-state index in [1.165, 1.54) is 0 Å². The van der Waals surface area contributed by atoms with Gasteiger partial charge in [0, 0.05) is 10.5 Å². The normalized spacial score (nSPS) is 19.4. The SMILES string of the molecule is NC(=O)c1ccc2c(c1Br)CC[C@H]2N. The largest absolute Gasteiger partial charge is 0.366 e. The van der Waals surface area contributed by atoms with Gasteiger partial charge in [0.25, 0.3) is 0 Å². The van der Waals surface area contributed by atoms with E-state index in [1.807, 2.05) is 6.07 Å². The first kappa shape index (κ1) is 9.68. The fourth-order valence-electron chi connectivity index (χ4n) is 1.88. The third kappa shape index (κ3) is 1.35. The van der Waals surface area contributed by atoms with Gasteiger partial charge in [-0.05, 0) is 46.0 Å². The first-order valence-electron chi connectivity index (χ1n) is 4.48. The standard InChI is InChI=1S/C10H11BrN2O/c11-9-6-3-4-8(12)5(6)1-2-7(9)10(13)14/h1-2,8H,3-4,12H2,(H2,13,14)/t8-/m1/s1. The van der Waals surface area contributed by atoms with Crippen molar-refractivity contribution in [1.29, 1.82) is 0 Å². The summed E-state index contributed by atoms with van der Waals surface area (Å²) in [5, 5.41) is 0. The molecule has 3 nitrogen and oxygen atoms in total. The third-order valence-corrected chi connectivity index (χ3v) is 3.56. The Balaban J connectivity index is 2.58. The van der Waals surface area contributed by atoms with Crippen LogP contribution in [0.2, 0.25) is 0 Å². The number of amides is 1. The van der Waals surface area contributed by atoms with E-state index in [-0.39, 0.29) is 6.04 Å². The second-order valence-electron chi connectivity index (χ2n) is 3.50. The Labute approximate surface area is 90.6 Å². The molecule has 74 valence electrons. The summed E-state index contributed by atoms with van der Waals surface area (Å²) < 4.78 is 0.815. The molecular weight excluding hydrogens is 244 g/mol. The summed E-state index contributed by atoms with van der Waals surface area (Å²) in [6.07, 6.45) is 1.86. The maximum absolute atomic E-state index is 11.1. The van der Waals surface area contributed by atoms with Gasteiger partial charge in [-0.25, -0.2) is 0 Å². The van der Waals surface area contributed by atoms with Crippen LogP contribution in [0.25, 0.3) is 0 Å². The minimum atomic E-state index is -0.403. The number of halogens is 1. The van der Waals surface area contributed by atoms with E-state index in [4.69, 9.17) is 11.5 Å². The van der Waals surface area contributed by atoms with Gasteiger partial charge in [-0.15, -0.1) is 0 Å². The van der Waals surface area contributed by atoms with Crippen LogP contribution in [0.15, 0.2) is 16.6 Å². The Bertz CT molecular complexity index is 403. The first-order chi connectivity index (χ1) is 6.61. The van der Waals surface area contributed by atoms with Crippen molar-refractivity contribution < 1.29 is 4.79 Å². The molecule has 0 spiro atoms. The molecule has 0 fully saturated rings. The molecule has 0 unspecified atom stereocenters. The Hall–Kier alpha value is -0.870. The highest BCUT2D eigenvalue weighted by Gasteiger charge is 2.23. The number of primary amides is 1. The molecule has 0 saturated heterocycles. The molecule has 1 aromatic carbocycles. The van der Waals surface area contributed by atoms with Crippen molar-refractivity contribution in [2.45, 2.75) is 18.9 Å². The van der Waals surface area contributed by atoms with Crippen molar-refractivity contribution >= 4 is 21.8 Å². The number of carbonyl (C=O) groups is 1. The van der Waals surface area contributed by atoms with Gasteiger partial charge in [0.2, 0.25) is 5.91 Å². The Morgan fingerprint density at radius 1 is 1.50 bits per heavy atom. The quantitative estimate of drug-likeness (QED) is 0.798. The smallest absolute Gasteiger partial charge is 0.249 e. The minimum Gasteiger partial charge on any atom is -0.366 e. The van der Waals surface area contributed by atoms with E-state index in [0.29, 0.717) is 5.56 Å². The summed E-state index contributed by atoms with van der Waals surface area (Å²) in [6, 6.07) is 3.73. The predicted octanol–water partition coefficient (Wildman–Crippen LogP) is 1.49. The van der Waals surface area contributed by atoms with Gasteiger partial charge >= 0.3 is 0 Å². The molecule has 0 heterocycles. The lowest BCUT2D eigenvalue weighted by atomic mass is 10.0. The van der Waals surface area contributed by atoms with Crippen LogP contribution in [0, 0.1) is 0 Å². The van der Waals surface area contributed by atoms with Crippen molar-refractivity contribution in [3.63, 3.8) is 0 Å². The highest BCUT2D eigenvalue weighted by Crippen LogP contribution is 2.36. The molecule has 1 aliphatic rings. The Morgan fingerprint density at radius 2 is 2.21 bits per heavy atom. The first-order valence-corrected chi connectivity index (χ1v) is 5.27. The van der Waals surface area contributed by atoms with Gasteiger partial charge in [-0.1, -0.05) is 6.07 Å². The van der Waals surface area contributed by atoms with Gasteiger partial charge < -0.3 is 11.5 Å². The minimum absolute atomic E-state index is 0.100. The van der Waals surface area contributed by atoms with Crippen LogP contribution in [0.4, 0.5) is 0 Å². The summed E-state index contributed by atoms with van der Waals surface area (Å²) in [6.45, 7) is 0.